The lowest BCUT2D eigenvalue weighted by Crippen LogP contribution is -2.46. The van der Waals surface area contributed by atoms with Crippen LogP contribution in [0.25, 0.3) is 0 Å². The van der Waals surface area contributed by atoms with E-state index in [1.54, 1.807) is 6.92 Å². The van der Waals surface area contributed by atoms with Crippen LogP contribution in [0.2, 0.25) is 0 Å². The highest BCUT2D eigenvalue weighted by molar-refractivity contribution is 6.02. The summed E-state index contributed by atoms with van der Waals surface area (Å²) in [6, 6.07) is 5.58. The number of rotatable bonds is 2. The first kappa shape index (κ1) is 12.3. The third kappa shape index (κ3) is 2.15. The van der Waals surface area contributed by atoms with Crippen molar-refractivity contribution in [1.29, 1.82) is 0 Å². The molecule has 1 aromatic rings. The molecule has 1 heterocycles. The second-order valence-electron chi connectivity index (χ2n) is 5.55. The van der Waals surface area contributed by atoms with Crippen molar-refractivity contribution in [2.45, 2.75) is 38.7 Å². The number of benzene rings is 1. The molecule has 4 nitrogen and oxygen atoms in total. The van der Waals surface area contributed by atoms with E-state index in [0.717, 1.165) is 18.0 Å². The average molecular weight is 260 g/mol. The number of para-hydroxylation sites is 1. The molecule has 102 valence electrons. The summed E-state index contributed by atoms with van der Waals surface area (Å²) in [6.45, 7) is 2.57. The predicted octanol–water partition coefficient (Wildman–Crippen LogP) is 2.57. The minimum atomic E-state index is -0.421. The summed E-state index contributed by atoms with van der Waals surface area (Å²) < 4.78 is 5.65. The summed E-state index contributed by atoms with van der Waals surface area (Å²) in [5.74, 6) is 1.35. The molecule has 1 aliphatic heterocycles. The van der Waals surface area contributed by atoms with Gasteiger partial charge in [-0.3, -0.25) is 4.79 Å². The van der Waals surface area contributed by atoms with Crippen LogP contribution in [0.15, 0.2) is 18.2 Å². The highest BCUT2D eigenvalue weighted by Gasteiger charge is 2.34. The minimum Gasteiger partial charge on any atom is -0.479 e. The van der Waals surface area contributed by atoms with Crippen molar-refractivity contribution in [3.05, 3.63) is 18.2 Å². The fourth-order valence-corrected chi connectivity index (χ4v) is 3.13. The molecular formula is C15H20N2O2. The van der Waals surface area contributed by atoms with Gasteiger partial charge in [0.15, 0.2) is 6.10 Å². The molecule has 0 radical (unpaired) electrons. The fourth-order valence-electron chi connectivity index (χ4n) is 3.13. The smallest absolute Gasteiger partial charge is 0.267 e. The van der Waals surface area contributed by atoms with Gasteiger partial charge in [-0.15, -0.1) is 0 Å². The molecule has 0 aromatic heterocycles. The number of nitrogens with two attached hydrogens (primary N) is 1. The zero-order valence-electron chi connectivity index (χ0n) is 11.3. The lowest BCUT2D eigenvalue weighted by Gasteiger charge is -2.35. The van der Waals surface area contributed by atoms with Crippen LogP contribution >= 0.6 is 0 Å². The summed E-state index contributed by atoms with van der Waals surface area (Å²) >= 11 is 0. The molecule has 1 saturated carbocycles. The molecule has 0 bridgehead atoms. The van der Waals surface area contributed by atoms with Crippen molar-refractivity contribution in [1.82, 2.24) is 0 Å². The summed E-state index contributed by atoms with van der Waals surface area (Å²) in [5.41, 5.74) is 7.42. The van der Waals surface area contributed by atoms with Crippen molar-refractivity contribution < 1.29 is 9.53 Å². The number of carbonyl (C=O) groups is 1. The third-order valence-corrected chi connectivity index (χ3v) is 4.13. The van der Waals surface area contributed by atoms with E-state index in [0.29, 0.717) is 11.6 Å². The highest BCUT2D eigenvalue weighted by atomic mass is 16.5. The Balaban J connectivity index is 1.94. The van der Waals surface area contributed by atoms with Crippen molar-refractivity contribution in [2.24, 2.45) is 5.92 Å². The Morgan fingerprint density at radius 2 is 2.11 bits per heavy atom. The number of nitrogens with zero attached hydrogens (tertiary/aromatic N) is 1. The molecule has 1 aromatic carbocycles. The quantitative estimate of drug-likeness (QED) is 0.831. The van der Waals surface area contributed by atoms with E-state index in [4.69, 9.17) is 10.5 Å². The normalized spacial score (nSPS) is 23.3. The molecule has 2 aliphatic rings. The lowest BCUT2D eigenvalue weighted by atomic mass is 10.1. The van der Waals surface area contributed by atoms with E-state index in [2.05, 4.69) is 0 Å². The second-order valence-corrected chi connectivity index (χ2v) is 5.55. The molecule has 2 N–H and O–H groups in total. The Morgan fingerprint density at radius 3 is 2.84 bits per heavy atom. The Bertz CT molecular complexity index is 495. The van der Waals surface area contributed by atoms with Crippen LogP contribution in [-0.2, 0) is 4.79 Å². The van der Waals surface area contributed by atoms with Gasteiger partial charge in [-0.1, -0.05) is 18.9 Å². The number of ether oxygens (including phenoxy) is 1. The number of nitrogen functional groups attached to an aromatic ring is 1. The minimum absolute atomic E-state index is 0.0253. The van der Waals surface area contributed by atoms with Crippen molar-refractivity contribution in [2.75, 3.05) is 17.2 Å². The largest absolute Gasteiger partial charge is 0.479 e. The lowest BCUT2D eigenvalue weighted by molar-refractivity contribution is -0.125. The van der Waals surface area contributed by atoms with E-state index in [-0.39, 0.29) is 5.91 Å². The molecule has 1 atom stereocenters. The van der Waals surface area contributed by atoms with Crippen LogP contribution in [-0.4, -0.2) is 18.6 Å². The number of hydrogen-bond donors (Lipinski definition) is 1. The Morgan fingerprint density at radius 1 is 1.37 bits per heavy atom. The van der Waals surface area contributed by atoms with Gasteiger partial charge < -0.3 is 15.4 Å². The summed E-state index contributed by atoms with van der Waals surface area (Å²) in [5, 5.41) is 0. The first-order chi connectivity index (χ1) is 9.16. The standard InChI is InChI=1S/C15H20N2O2/c1-10-15(18)17(9-11-5-2-3-6-11)14-12(16)7-4-8-13(14)19-10/h4,7-8,10-11H,2-3,5-6,9,16H2,1H3. The molecule has 0 saturated heterocycles. The molecule has 1 amide bonds. The summed E-state index contributed by atoms with van der Waals surface area (Å²) in [4.78, 5) is 14.2. The topological polar surface area (TPSA) is 55.6 Å². The number of hydrogen-bond acceptors (Lipinski definition) is 3. The Labute approximate surface area is 113 Å². The molecule has 4 heteroatoms. The van der Waals surface area contributed by atoms with Crippen LogP contribution in [0.4, 0.5) is 11.4 Å². The van der Waals surface area contributed by atoms with E-state index < -0.39 is 6.10 Å². The van der Waals surface area contributed by atoms with Gasteiger partial charge in [0.25, 0.3) is 5.91 Å². The monoisotopic (exact) mass is 260 g/mol. The van der Waals surface area contributed by atoms with Gasteiger partial charge in [0, 0.05) is 6.54 Å². The van der Waals surface area contributed by atoms with Crippen molar-refractivity contribution in [3.8, 4) is 5.75 Å². The zero-order chi connectivity index (χ0) is 13.4. The maximum atomic E-state index is 12.4. The molecule has 3 rings (SSSR count). The maximum absolute atomic E-state index is 12.4. The van der Waals surface area contributed by atoms with E-state index in [9.17, 15) is 4.79 Å². The second kappa shape index (κ2) is 4.76. The van der Waals surface area contributed by atoms with Crippen LogP contribution in [0.5, 0.6) is 5.75 Å². The van der Waals surface area contributed by atoms with E-state index in [1.165, 1.54) is 25.7 Å². The van der Waals surface area contributed by atoms with Gasteiger partial charge in [-0.05, 0) is 37.8 Å². The van der Waals surface area contributed by atoms with Gasteiger partial charge in [-0.25, -0.2) is 0 Å². The van der Waals surface area contributed by atoms with Crippen LogP contribution in [0, 0.1) is 5.92 Å². The highest BCUT2D eigenvalue weighted by Crippen LogP contribution is 2.40. The van der Waals surface area contributed by atoms with Crippen molar-refractivity contribution in [3.63, 3.8) is 0 Å². The number of anilines is 2. The molecule has 19 heavy (non-hydrogen) atoms. The van der Waals surface area contributed by atoms with Gasteiger partial charge in [0.2, 0.25) is 0 Å². The van der Waals surface area contributed by atoms with Crippen LogP contribution in [0.1, 0.15) is 32.6 Å². The molecule has 1 unspecified atom stereocenters. The Kier molecular flexibility index (Phi) is 3.09. The SMILES string of the molecule is CC1Oc2cccc(N)c2N(CC2CCCC2)C1=O. The third-order valence-electron chi connectivity index (χ3n) is 4.13. The maximum Gasteiger partial charge on any atom is 0.267 e. The van der Waals surface area contributed by atoms with E-state index in [1.807, 2.05) is 23.1 Å². The number of amides is 1. The number of carbonyl (C=O) groups excluding carboxylic acids is 1. The van der Waals surface area contributed by atoms with Gasteiger partial charge >= 0.3 is 0 Å². The van der Waals surface area contributed by atoms with Crippen LogP contribution in [0.3, 0.4) is 0 Å². The molecular weight excluding hydrogens is 240 g/mol. The molecule has 1 aliphatic carbocycles. The number of fused-ring (bicyclic) bond motifs is 1. The molecule has 0 spiro atoms. The fraction of sp³-hybridized carbons (Fsp3) is 0.533. The van der Waals surface area contributed by atoms with E-state index >= 15 is 0 Å². The first-order valence-electron chi connectivity index (χ1n) is 7.03. The van der Waals surface area contributed by atoms with Crippen molar-refractivity contribution >= 4 is 17.3 Å². The zero-order valence-corrected chi connectivity index (χ0v) is 11.3. The van der Waals surface area contributed by atoms with Gasteiger partial charge in [0.05, 0.1) is 5.69 Å². The Hall–Kier alpha value is -1.71. The van der Waals surface area contributed by atoms with Gasteiger partial charge in [-0.2, -0.15) is 0 Å². The predicted molar refractivity (Wildman–Crippen MR) is 75.3 cm³/mol. The summed E-state index contributed by atoms with van der Waals surface area (Å²) in [7, 11) is 0. The molecule has 1 fully saturated rings. The summed E-state index contributed by atoms with van der Waals surface area (Å²) in [6.07, 6.45) is 4.55. The van der Waals surface area contributed by atoms with Gasteiger partial charge in [0.1, 0.15) is 11.4 Å². The van der Waals surface area contributed by atoms with Crippen LogP contribution < -0.4 is 15.4 Å². The first-order valence-corrected chi connectivity index (χ1v) is 7.03. The average Bonchev–Trinajstić information content (AvgIpc) is 2.88.